The van der Waals surface area contributed by atoms with Crippen LogP contribution in [0.5, 0.6) is 0 Å². The van der Waals surface area contributed by atoms with Gasteiger partial charge in [0.25, 0.3) is 15.8 Å². The number of non-ortho nitro benzene ring substituents is 1. The summed E-state index contributed by atoms with van der Waals surface area (Å²) in [5.74, 6) is 0. The predicted molar refractivity (Wildman–Crippen MR) is 97.1 cm³/mol. The molecule has 0 unspecified atom stereocenters. The molecule has 0 spiro atoms. The molecule has 2 atom stereocenters. The number of nitro groups is 1. The minimum atomic E-state index is -4.32. The fourth-order valence-electron chi connectivity index (χ4n) is 2.61. The molecule has 1 fully saturated rings. The number of benzene rings is 1. The number of ether oxygens (including phenoxy) is 1. The minimum Gasteiger partial charge on any atom is -0.444 e. The fraction of sp³-hybridized carbons (Fsp3) is 0.588. The van der Waals surface area contributed by atoms with E-state index < -0.39 is 39.0 Å². The van der Waals surface area contributed by atoms with Gasteiger partial charge in [-0.2, -0.15) is 8.42 Å². The van der Waals surface area contributed by atoms with Gasteiger partial charge in [-0.15, -0.1) is 0 Å². The van der Waals surface area contributed by atoms with Crippen LogP contribution in [0.4, 0.5) is 14.9 Å². The van der Waals surface area contributed by atoms with Crippen molar-refractivity contribution in [2.75, 3.05) is 13.1 Å². The summed E-state index contributed by atoms with van der Waals surface area (Å²) in [6.07, 6.45) is -3.60. The van der Waals surface area contributed by atoms with Crippen molar-refractivity contribution in [3.63, 3.8) is 0 Å². The molecule has 0 saturated carbocycles. The highest BCUT2D eigenvalue weighted by atomic mass is 32.2. The lowest BCUT2D eigenvalue weighted by atomic mass is 10.1. The van der Waals surface area contributed by atoms with Crippen molar-refractivity contribution in [1.82, 2.24) is 4.90 Å². The van der Waals surface area contributed by atoms with Gasteiger partial charge in [0.15, 0.2) is 0 Å². The molecule has 0 aliphatic carbocycles. The lowest BCUT2D eigenvalue weighted by Crippen LogP contribution is -2.37. The zero-order valence-corrected chi connectivity index (χ0v) is 16.6. The maximum atomic E-state index is 14.4. The van der Waals surface area contributed by atoms with E-state index in [1.165, 1.54) is 4.90 Å². The van der Waals surface area contributed by atoms with Gasteiger partial charge in [-0.25, -0.2) is 9.18 Å². The SMILES string of the molecule is CC(C)(C)OC(=O)N1CC[C@H](OS(=O)(=O)c2ccc([N+](=O)[O-])cc2)[C@@H](F)CC1. The van der Waals surface area contributed by atoms with E-state index in [4.69, 9.17) is 8.92 Å². The number of likely N-dealkylation sites (tertiary alicyclic amines) is 1. The van der Waals surface area contributed by atoms with Crippen LogP contribution in [-0.4, -0.2) is 55.3 Å². The average Bonchev–Trinajstić information content (AvgIpc) is 2.75. The molecular formula is C17H23FN2O7S. The molecule has 0 aromatic heterocycles. The first kappa shape index (κ1) is 22.0. The Bertz CT molecular complexity index is 821. The number of rotatable bonds is 4. The summed E-state index contributed by atoms with van der Waals surface area (Å²) >= 11 is 0. The molecule has 0 bridgehead atoms. The Kier molecular flexibility index (Phi) is 6.60. The van der Waals surface area contributed by atoms with Crippen molar-refractivity contribution >= 4 is 21.9 Å². The smallest absolute Gasteiger partial charge is 0.410 e. The molecule has 0 N–H and O–H groups in total. The van der Waals surface area contributed by atoms with Crippen molar-refractivity contribution in [3.05, 3.63) is 34.4 Å². The molecule has 1 amide bonds. The number of amides is 1. The van der Waals surface area contributed by atoms with E-state index in [0.717, 1.165) is 24.3 Å². The maximum Gasteiger partial charge on any atom is 0.410 e. The number of nitro benzene ring substituents is 1. The summed E-state index contributed by atoms with van der Waals surface area (Å²) < 4.78 is 49.5. The summed E-state index contributed by atoms with van der Waals surface area (Å²) in [5.41, 5.74) is -0.974. The molecule has 9 nitrogen and oxygen atoms in total. The Morgan fingerprint density at radius 2 is 1.79 bits per heavy atom. The van der Waals surface area contributed by atoms with Crippen LogP contribution in [0.2, 0.25) is 0 Å². The van der Waals surface area contributed by atoms with E-state index in [1.807, 2.05) is 0 Å². The number of hydrogen-bond acceptors (Lipinski definition) is 7. The molecule has 2 rings (SSSR count). The molecule has 156 valence electrons. The Hall–Kier alpha value is -2.27. The zero-order valence-electron chi connectivity index (χ0n) is 15.8. The molecule has 1 saturated heterocycles. The maximum absolute atomic E-state index is 14.4. The second-order valence-electron chi connectivity index (χ2n) is 7.40. The van der Waals surface area contributed by atoms with Crippen LogP contribution in [0.1, 0.15) is 33.6 Å². The zero-order chi connectivity index (χ0) is 21.1. The van der Waals surface area contributed by atoms with Gasteiger partial charge >= 0.3 is 6.09 Å². The molecule has 1 aliphatic rings. The van der Waals surface area contributed by atoms with Gasteiger partial charge in [-0.1, -0.05) is 0 Å². The van der Waals surface area contributed by atoms with E-state index >= 15 is 0 Å². The van der Waals surface area contributed by atoms with Crippen molar-refractivity contribution in [2.45, 2.75) is 56.4 Å². The molecular weight excluding hydrogens is 395 g/mol. The number of halogens is 1. The summed E-state index contributed by atoms with van der Waals surface area (Å²) in [7, 11) is -4.32. The average molecular weight is 418 g/mol. The molecule has 0 radical (unpaired) electrons. The third-order valence-electron chi connectivity index (χ3n) is 4.00. The normalized spacial score (nSPS) is 21.1. The van der Waals surface area contributed by atoms with Crippen molar-refractivity contribution in [2.24, 2.45) is 0 Å². The van der Waals surface area contributed by atoms with Crippen LogP contribution < -0.4 is 0 Å². The van der Waals surface area contributed by atoms with Crippen LogP contribution >= 0.6 is 0 Å². The van der Waals surface area contributed by atoms with E-state index in [2.05, 4.69) is 0 Å². The van der Waals surface area contributed by atoms with Crippen molar-refractivity contribution in [3.8, 4) is 0 Å². The van der Waals surface area contributed by atoms with Gasteiger partial charge < -0.3 is 9.64 Å². The first-order chi connectivity index (χ1) is 12.9. The van der Waals surface area contributed by atoms with Crippen molar-refractivity contribution in [1.29, 1.82) is 0 Å². The number of nitrogens with zero attached hydrogens (tertiary/aromatic N) is 2. The Morgan fingerprint density at radius 1 is 1.21 bits per heavy atom. The minimum absolute atomic E-state index is 0.0351. The number of alkyl halides is 1. The highest BCUT2D eigenvalue weighted by Crippen LogP contribution is 2.25. The highest BCUT2D eigenvalue weighted by Gasteiger charge is 2.34. The highest BCUT2D eigenvalue weighted by molar-refractivity contribution is 7.86. The first-order valence-electron chi connectivity index (χ1n) is 8.69. The fourth-order valence-corrected chi connectivity index (χ4v) is 3.73. The van der Waals surface area contributed by atoms with Gasteiger partial charge in [0.05, 0.1) is 9.82 Å². The third kappa shape index (κ3) is 5.86. The Morgan fingerprint density at radius 3 is 2.32 bits per heavy atom. The van der Waals surface area contributed by atoms with Gasteiger partial charge in [0.1, 0.15) is 17.9 Å². The van der Waals surface area contributed by atoms with Gasteiger partial charge in [0, 0.05) is 25.2 Å². The largest absolute Gasteiger partial charge is 0.444 e. The second kappa shape index (κ2) is 8.39. The standard InChI is InChI=1S/C17H23FN2O7S/c1-17(2,3)26-16(21)19-10-8-14(18)15(9-11-19)27-28(24,25)13-6-4-12(5-7-13)20(22)23/h4-7,14-15H,8-11H2,1-3H3/t14-,15-/m0/s1. The van der Waals surface area contributed by atoms with Crippen molar-refractivity contribution < 1.29 is 31.4 Å². The molecule has 28 heavy (non-hydrogen) atoms. The summed E-state index contributed by atoms with van der Waals surface area (Å²) in [5, 5.41) is 10.7. The lowest BCUT2D eigenvalue weighted by molar-refractivity contribution is -0.384. The molecule has 1 aromatic carbocycles. The number of carbonyl (C=O) groups is 1. The molecule has 1 aromatic rings. The van der Waals surface area contributed by atoms with Crippen LogP contribution in [-0.2, 0) is 19.0 Å². The predicted octanol–water partition coefficient (Wildman–Crippen LogP) is 3.04. The number of hydrogen-bond donors (Lipinski definition) is 0. The van der Waals surface area contributed by atoms with E-state index in [0.29, 0.717) is 0 Å². The molecule has 1 aliphatic heterocycles. The Labute approximate surface area is 162 Å². The molecule has 11 heteroatoms. The van der Waals surface area contributed by atoms with Crippen LogP contribution in [0.15, 0.2) is 29.2 Å². The van der Waals surface area contributed by atoms with E-state index in [9.17, 15) is 27.7 Å². The third-order valence-corrected chi connectivity index (χ3v) is 5.35. The second-order valence-corrected chi connectivity index (χ2v) is 8.97. The molecule has 1 heterocycles. The summed E-state index contributed by atoms with van der Waals surface area (Å²) in [4.78, 5) is 23.2. The van der Waals surface area contributed by atoms with Crippen LogP contribution in [0, 0.1) is 10.1 Å². The lowest BCUT2D eigenvalue weighted by Gasteiger charge is -2.26. The Balaban J connectivity index is 2.06. The summed E-state index contributed by atoms with van der Waals surface area (Å²) in [6.45, 7) is 5.29. The summed E-state index contributed by atoms with van der Waals surface area (Å²) in [6, 6.07) is 4.12. The van der Waals surface area contributed by atoms with Gasteiger partial charge in [-0.05, 0) is 45.7 Å². The van der Waals surface area contributed by atoms with Gasteiger partial charge in [-0.3, -0.25) is 14.3 Å². The van der Waals surface area contributed by atoms with Crippen LogP contribution in [0.25, 0.3) is 0 Å². The van der Waals surface area contributed by atoms with Gasteiger partial charge in [0.2, 0.25) is 0 Å². The quantitative estimate of drug-likeness (QED) is 0.419. The number of carbonyl (C=O) groups excluding carboxylic acids is 1. The van der Waals surface area contributed by atoms with E-state index in [1.54, 1.807) is 20.8 Å². The van der Waals surface area contributed by atoms with Crippen LogP contribution in [0.3, 0.4) is 0 Å². The van der Waals surface area contributed by atoms with E-state index in [-0.39, 0.29) is 36.5 Å². The monoisotopic (exact) mass is 418 g/mol. The topological polar surface area (TPSA) is 116 Å². The first-order valence-corrected chi connectivity index (χ1v) is 10.1.